The summed E-state index contributed by atoms with van der Waals surface area (Å²) in [6, 6.07) is 27.2. The molecule has 0 saturated heterocycles. The fourth-order valence-electron chi connectivity index (χ4n) is 1.85. The first kappa shape index (κ1) is 16.0. The predicted octanol–water partition coefficient (Wildman–Crippen LogP) is 6.12. The van der Waals surface area contributed by atoms with Crippen LogP contribution < -0.4 is 0 Å². The molecule has 0 aliphatic heterocycles. The molecular formula is C20H24. The van der Waals surface area contributed by atoms with Gasteiger partial charge in [-0.3, -0.25) is 0 Å². The maximum absolute atomic E-state index is 2.16. The van der Waals surface area contributed by atoms with Gasteiger partial charge in [0, 0.05) is 0 Å². The van der Waals surface area contributed by atoms with Gasteiger partial charge in [-0.1, -0.05) is 99.6 Å². The van der Waals surface area contributed by atoms with Gasteiger partial charge in [0.25, 0.3) is 0 Å². The van der Waals surface area contributed by atoms with E-state index in [0.29, 0.717) is 0 Å². The van der Waals surface area contributed by atoms with Crippen molar-refractivity contribution in [1.29, 1.82) is 0 Å². The Hall–Kier alpha value is -2.08. The minimum Gasteiger partial charge on any atom is -0.0683 e. The van der Waals surface area contributed by atoms with Crippen LogP contribution in [-0.2, 0) is 6.42 Å². The molecule has 0 aliphatic carbocycles. The molecule has 0 aromatic heterocycles. The van der Waals surface area contributed by atoms with Gasteiger partial charge in [-0.25, -0.2) is 0 Å². The summed E-state index contributed by atoms with van der Waals surface area (Å²) >= 11 is 0. The highest BCUT2D eigenvalue weighted by molar-refractivity contribution is 5.81. The maximum Gasteiger partial charge on any atom is -0.0184 e. The van der Waals surface area contributed by atoms with E-state index in [1.54, 1.807) is 0 Å². The van der Waals surface area contributed by atoms with Gasteiger partial charge in [0.1, 0.15) is 0 Å². The molecule has 0 amide bonds. The lowest BCUT2D eigenvalue weighted by molar-refractivity contribution is 1.14. The summed E-state index contributed by atoms with van der Waals surface area (Å²) in [5.74, 6) is 0. The van der Waals surface area contributed by atoms with Crippen molar-refractivity contribution in [3.63, 3.8) is 0 Å². The Morgan fingerprint density at radius 2 is 0.900 bits per heavy atom. The summed E-state index contributed by atoms with van der Waals surface area (Å²) in [6.45, 7) is 6.16. The number of hydrogen-bond acceptors (Lipinski definition) is 0. The summed E-state index contributed by atoms with van der Waals surface area (Å²) in [7, 11) is 0. The van der Waals surface area contributed by atoms with Crippen molar-refractivity contribution in [2.75, 3.05) is 0 Å². The average molecular weight is 264 g/mol. The second-order valence-corrected chi connectivity index (χ2v) is 4.19. The van der Waals surface area contributed by atoms with Crippen molar-refractivity contribution in [1.82, 2.24) is 0 Å². The zero-order chi connectivity index (χ0) is 14.6. The second kappa shape index (κ2) is 9.80. The van der Waals surface area contributed by atoms with E-state index in [0.717, 1.165) is 6.42 Å². The normalized spacial score (nSPS) is 8.95. The highest BCUT2D eigenvalue weighted by Gasteiger charge is 1.85. The first-order chi connectivity index (χ1) is 9.90. The first-order valence-corrected chi connectivity index (χ1v) is 7.38. The Kier molecular flexibility index (Phi) is 7.83. The van der Waals surface area contributed by atoms with Crippen LogP contribution in [0.1, 0.15) is 26.3 Å². The van der Waals surface area contributed by atoms with E-state index < -0.39 is 0 Å². The van der Waals surface area contributed by atoms with Crippen molar-refractivity contribution in [2.24, 2.45) is 0 Å². The van der Waals surface area contributed by atoms with Crippen molar-refractivity contribution in [3.05, 3.63) is 84.4 Å². The molecule has 0 radical (unpaired) electrons. The number of fused-ring (bicyclic) bond motifs is 1. The van der Waals surface area contributed by atoms with Crippen LogP contribution in [0.5, 0.6) is 0 Å². The molecule has 3 aromatic carbocycles. The number of benzene rings is 3. The molecule has 0 aliphatic rings. The molecule has 0 fully saturated rings. The standard InChI is InChI=1S/C10H8.C8H10.C2H6/c1-2-6-10-8-4-3-7-9(10)5-1;1-2-8-6-4-3-5-7-8;1-2/h1-8H;3-7H,2H2,1H3;1-2H3. The third kappa shape index (κ3) is 5.27. The van der Waals surface area contributed by atoms with Gasteiger partial charge in [0.15, 0.2) is 0 Å². The summed E-state index contributed by atoms with van der Waals surface area (Å²) in [4.78, 5) is 0. The van der Waals surface area contributed by atoms with Crippen LogP contribution in [0.2, 0.25) is 0 Å². The fraction of sp³-hybridized carbons (Fsp3) is 0.200. The Bertz CT molecular complexity index is 516. The van der Waals surface area contributed by atoms with E-state index in [4.69, 9.17) is 0 Å². The lowest BCUT2D eigenvalue weighted by Gasteiger charge is -1.92. The van der Waals surface area contributed by atoms with E-state index in [1.807, 2.05) is 19.9 Å². The fourth-order valence-corrected chi connectivity index (χ4v) is 1.85. The molecule has 0 heterocycles. The molecule has 0 bridgehead atoms. The largest absolute Gasteiger partial charge is 0.0683 e. The molecule has 104 valence electrons. The maximum atomic E-state index is 2.16. The Morgan fingerprint density at radius 3 is 1.20 bits per heavy atom. The van der Waals surface area contributed by atoms with Crippen LogP contribution in [0, 0.1) is 0 Å². The van der Waals surface area contributed by atoms with Gasteiger partial charge in [0.05, 0.1) is 0 Å². The monoisotopic (exact) mass is 264 g/mol. The zero-order valence-electron chi connectivity index (χ0n) is 12.7. The summed E-state index contributed by atoms with van der Waals surface area (Å²) in [5, 5.41) is 2.62. The van der Waals surface area contributed by atoms with Crippen LogP contribution in [0.25, 0.3) is 10.8 Å². The highest BCUT2D eigenvalue weighted by atomic mass is 13.9. The van der Waals surface area contributed by atoms with E-state index in [9.17, 15) is 0 Å². The topological polar surface area (TPSA) is 0 Å². The smallest absolute Gasteiger partial charge is 0.0184 e. The molecule has 0 atom stereocenters. The lowest BCUT2D eigenvalue weighted by Crippen LogP contribution is -1.73. The Labute approximate surface area is 123 Å². The van der Waals surface area contributed by atoms with Gasteiger partial charge < -0.3 is 0 Å². The first-order valence-electron chi connectivity index (χ1n) is 7.38. The molecule has 0 N–H and O–H groups in total. The van der Waals surface area contributed by atoms with Crippen LogP contribution in [-0.4, -0.2) is 0 Å². The summed E-state index contributed by atoms with van der Waals surface area (Å²) < 4.78 is 0. The highest BCUT2D eigenvalue weighted by Crippen LogP contribution is 2.11. The molecule has 0 nitrogen and oxygen atoms in total. The Morgan fingerprint density at radius 1 is 0.550 bits per heavy atom. The predicted molar refractivity (Wildman–Crippen MR) is 91.1 cm³/mol. The molecule has 20 heavy (non-hydrogen) atoms. The van der Waals surface area contributed by atoms with E-state index in [1.165, 1.54) is 16.3 Å². The number of hydrogen-bond donors (Lipinski definition) is 0. The number of aryl methyl sites for hydroxylation is 1. The van der Waals surface area contributed by atoms with Gasteiger partial charge in [-0.2, -0.15) is 0 Å². The van der Waals surface area contributed by atoms with Crippen LogP contribution in [0.3, 0.4) is 0 Å². The third-order valence-corrected chi connectivity index (χ3v) is 2.91. The average Bonchev–Trinajstić information content (AvgIpc) is 2.58. The third-order valence-electron chi connectivity index (χ3n) is 2.91. The van der Waals surface area contributed by atoms with Crippen LogP contribution >= 0.6 is 0 Å². The molecule has 3 rings (SSSR count). The number of rotatable bonds is 1. The van der Waals surface area contributed by atoms with Crippen LogP contribution in [0.4, 0.5) is 0 Å². The minimum atomic E-state index is 1.14. The van der Waals surface area contributed by atoms with Crippen molar-refractivity contribution < 1.29 is 0 Å². The van der Waals surface area contributed by atoms with Gasteiger partial charge in [-0.05, 0) is 22.8 Å². The SMILES string of the molecule is CC.CCc1ccccc1.c1ccc2ccccc2c1. The van der Waals surface area contributed by atoms with Gasteiger partial charge in [0.2, 0.25) is 0 Å². The van der Waals surface area contributed by atoms with Crippen molar-refractivity contribution in [2.45, 2.75) is 27.2 Å². The molecule has 0 unspecified atom stereocenters. The molecular weight excluding hydrogens is 240 g/mol. The Balaban J connectivity index is 0.000000182. The molecule has 0 spiro atoms. The van der Waals surface area contributed by atoms with E-state index in [2.05, 4.69) is 79.7 Å². The summed E-state index contributed by atoms with van der Waals surface area (Å²) in [6.07, 6.45) is 1.14. The van der Waals surface area contributed by atoms with Gasteiger partial charge in [-0.15, -0.1) is 0 Å². The van der Waals surface area contributed by atoms with E-state index >= 15 is 0 Å². The van der Waals surface area contributed by atoms with Crippen LogP contribution in [0.15, 0.2) is 78.9 Å². The lowest BCUT2D eigenvalue weighted by atomic mass is 10.1. The molecule has 0 heteroatoms. The quantitative estimate of drug-likeness (QED) is 0.497. The summed E-state index contributed by atoms with van der Waals surface area (Å²) in [5.41, 5.74) is 1.41. The molecule has 0 saturated carbocycles. The molecule has 3 aromatic rings. The van der Waals surface area contributed by atoms with Gasteiger partial charge >= 0.3 is 0 Å². The van der Waals surface area contributed by atoms with Crippen molar-refractivity contribution >= 4 is 10.8 Å². The second-order valence-electron chi connectivity index (χ2n) is 4.19. The minimum absolute atomic E-state index is 1.14. The van der Waals surface area contributed by atoms with E-state index in [-0.39, 0.29) is 0 Å². The zero-order valence-corrected chi connectivity index (χ0v) is 12.7. The van der Waals surface area contributed by atoms with Crippen molar-refractivity contribution in [3.8, 4) is 0 Å².